The standard InChI is InChI=1S/C16H22ClN5OS/c1-9(2)8-22-14(17)12(11(5)21-22)6-7-13(23)18-16-20-19-15(24-16)10(3)4/h6-7,9-10H,8H2,1-5H3,(H,18,20,23)/b7-6+. The highest BCUT2D eigenvalue weighted by atomic mass is 35.5. The Morgan fingerprint density at radius 1 is 1.33 bits per heavy atom. The second kappa shape index (κ2) is 7.90. The molecule has 0 atom stereocenters. The average molecular weight is 368 g/mol. The van der Waals surface area contributed by atoms with Crippen LogP contribution in [-0.4, -0.2) is 25.9 Å². The number of nitrogens with one attached hydrogen (secondary N) is 1. The van der Waals surface area contributed by atoms with Crippen molar-refractivity contribution < 1.29 is 4.79 Å². The fourth-order valence-corrected chi connectivity index (χ4v) is 3.10. The van der Waals surface area contributed by atoms with Gasteiger partial charge in [-0.3, -0.25) is 14.8 Å². The Morgan fingerprint density at radius 3 is 2.62 bits per heavy atom. The van der Waals surface area contributed by atoms with Gasteiger partial charge in [-0.15, -0.1) is 10.2 Å². The van der Waals surface area contributed by atoms with E-state index in [9.17, 15) is 4.79 Å². The van der Waals surface area contributed by atoms with Crippen LogP contribution in [-0.2, 0) is 11.3 Å². The van der Waals surface area contributed by atoms with Crippen LogP contribution in [0.4, 0.5) is 5.13 Å². The number of hydrogen-bond donors (Lipinski definition) is 1. The van der Waals surface area contributed by atoms with E-state index in [0.29, 0.717) is 16.2 Å². The zero-order valence-electron chi connectivity index (χ0n) is 14.5. The second-order valence-electron chi connectivity index (χ2n) is 6.29. The highest BCUT2D eigenvalue weighted by Gasteiger charge is 2.13. The molecule has 0 aliphatic rings. The smallest absolute Gasteiger partial charge is 0.250 e. The van der Waals surface area contributed by atoms with Crippen molar-refractivity contribution in [2.24, 2.45) is 5.92 Å². The summed E-state index contributed by atoms with van der Waals surface area (Å²) in [5.74, 6) is 0.458. The zero-order chi connectivity index (χ0) is 17.9. The molecule has 0 aromatic carbocycles. The number of hydrogen-bond acceptors (Lipinski definition) is 5. The van der Waals surface area contributed by atoms with Gasteiger partial charge in [0.15, 0.2) is 0 Å². The summed E-state index contributed by atoms with van der Waals surface area (Å²) < 4.78 is 1.76. The fourth-order valence-electron chi connectivity index (χ4n) is 2.05. The molecule has 6 nitrogen and oxygen atoms in total. The summed E-state index contributed by atoms with van der Waals surface area (Å²) in [7, 11) is 0. The van der Waals surface area contributed by atoms with E-state index in [1.54, 1.807) is 10.8 Å². The van der Waals surface area contributed by atoms with Crippen LogP contribution in [0.1, 0.15) is 49.9 Å². The lowest BCUT2D eigenvalue weighted by Crippen LogP contribution is -2.07. The van der Waals surface area contributed by atoms with E-state index >= 15 is 0 Å². The van der Waals surface area contributed by atoms with Crippen LogP contribution in [0.5, 0.6) is 0 Å². The Hall–Kier alpha value is -1.73. The van der Waals surface area contributed by atoms with Crippen molar-refractivity contribution in [3.8, 4) is 0 Å². The molecule has 0 radical (unpaired) electrons. The molecule has 0 aliphatic carbocycles. The third-order valence-electron chi connectivity index (χ3n) is 3.21. The lowest BCUT2D eigenvalue weighted by Gasteiger charge is -2.05. The summed E-state index contributed by atoms with van der Waals surface area (Å²) in [6, 6.07) is 0. The minimum absolute atomic E-state index is 0.270. The van der Waals surface area contributed by atoms with E-state index < -0.39 is 0 Å². The Labute approximate surface area is 150 Å². The van der Waals surface area contributed by atoms with Gasteiger partial charge in [-0.2, -0.15) is 5.10 Å². The number of rotatable bonds is 6. The monoisotopic (exact) mass is 367 g/mol. The fraction of sp³-hybridized carbons (Fsp3) is 0.500. The molecule has 0 unspecified atom stereocenters. The molecule has 0 aliphatic heterocycles. The molecule has 0 saturated carbocycles. The summed E-state index contributed by atoms with van der Waals surface area (Å²) in [4.78, 5) is 12.0. The molecule has 0 saturated heterocycles. The molecule has 8 heteroatoms. The van der Waals surface area contributed by atoms with Gasteiger partial charge < -0.3 is 0 Å². The number of carbonyl (C=O) groups is 1. The molecule has 0 bridgehead atoms. The number of aromatic nitrogens is 4. The topological polar surface area (TPSA) is 72.7 Å². The molecule has 1 N–H and O–H groups in total. The van der Waals surface area contributed by atoms with Crippen LogP contribution < -0.4 is 5.32 Å². The summed E-state index contributed by atoms with van der Waals surface area (Å²) in [6.07, 6.45) is 3.12. The molecular formula is C16H22ClN5OS. The summed E-state index contributed by atoms with van der Waals surface area (Å²) in [6.45, 7) is 10.9. The maximum atomic E-state index is 12.0. The third kappa shape index (κ3) is 4.64. The molecule has 2 rings (SSSR count). The van der Waals surface area contributed by atoms with Crippen LogP contribution in [0.15, 0.2) is 6.08 Å². The zero-order valence-corrected chi connectivity index (χ0v) is 16.1. The van der Waals surface area contributed by atoms with E-state index in [1.165, 1.54) is 17.4 Å². The number of aryl methyl sites for hydroxylation is 1. The lowest BCUT2D eigenvalue weighted by molar-refractivity contribution is -0.111. The van der Waals surface area contributed by atoms with Crippen LogP contribution in [0.25, 0.3) is 6.08 Å². The van der Waals surface area contributed by atoms with Crippen molar-refractivity contribution in [2.75, 3.05) is 5.32 Å². The van der Waals surface area contributed by atoms with Crippen LogP contribution in [0.3, 0.4) is 0 Å². The largest absolute Gasteiger partial charge is 0.297 e. The van der Waals surface area contributed by atoms with E-state index in [4.69, 9.17) is 11.6 Å². The van der Waals surface area contributed by atoms with Crippen molar-refractivity contribution in [3.63, 3.8) is 0 Å². The van der Waals surface area contributed by atoms with Crippen LogP contribution in [0, 0.1) is 12.8 Å². The molecule has 130 valence electrons. The van der Waals surface area contributed by atoms with Crippen LogP contribution >= 0.6 is 22.9 Å². The van der Waals surface area contributed by atoms with Crippen molar-refractivity contribution in [2.45, 2.75) is 47.1 Å². The van der Waals surface area contributed by atoms with Gasteiger partial charge in [0.1, 0.15) is 10.2 Å². The Balaban J connectivity index is 2.07. The SMILES string of the molecule is Cc1nn(CC(C)C)c(Cl)c1/C=C/C(=O)Nc1nnc(C(C)C)s1. The van der Waals surface area contributed by atoms with Gasteiger partial charge in [-0.25, -0.2) is 0 Å². The van der Waals surface area contributed by atoms with E-state index in [1.807, 2.05) is 20.8 Å². The minimum Gasteiger partial charge on any atom is -0.297 e. The first-order valence-electron chi connectivity index (χ1n) is 7.83. The van der Waals surface area contributed by atoms with E-state index in [0.717, 1.165) is 22.8 Å². The maximum Gasteiger partial charge on any atom is 0.250 e. The normalized spacial score (nSPS) is 11.8. The summed E-state index contributed by atoms with van der Waals surface area (Å²) >= 11 is 7.73. The number of carbonyl (C=O) groups excluding carboxylic acids is 1. The minimum atomic E-state index is -0.270. The Bertz CT molecular complexity index is 748. The average Bonchev–Trinajstić information content (AvgIpc) is 3.03. The molecule has 24 heavy (non-hydrogen) atoms. The van der Waals surface area contributed by atoms with Crippen LogP contribution in [0.2, 0.25) is 5.15 Å². The highest BCUT2D eigenvalue weighted by Crippen LogP contribution is 2.24. The molecule has 0 spiro atoms. The van der Waals surface area contributed by atoms with Crippen molar-refractivity contribution >= 4 is 40.1 Å². The number of halogens is 1. The van der Waals surface area contributed by atoms with Gasteiger partial charge in [-0.1, -0.05) is 50.6 Å². The van der Waals surface area contributed by atoms with Gasteiger partial charge in [0.2, 0.25) is 11.0 Å². The summed E-state index contributed by atoms with van der Waals surface area (Å²) in [5.41, 5.74) is 1.55. The van der Waals surface area contributed by atoms with Crippen molar-refractivity contribution in [3.05, 3.63) is 27.5 Å². The maximum absolute atomic E-state index is 12.0. The molecule has 2 heterocycles. The lowest BCUT2D eigenvalue weighted by atomic mass is 10.2. The first kappa shape index (κ1) is 18.6. The van der Waals surface area contributed by atoms with Gasteiger partial charge in [0.25, 0.3) is 0 Å². The molecule has 2 aromatic rings. The molecule has 0 fully saturated rings. The van der Waals surface area contributed by atoms with Gasteiger partial charge in [0, 0.05) is 24.1 Å². The Kier molecular flexibility index (Phi) is 6.12. The van der Waals surface area contributed by atoms with Crippen molar-refractivity contribution in [1.29, 1.82) is 0 Å². The third-order valence-corrected chi connectivity index (χ3v) is 4.75. The predicted octanol–water partition coefficient (Wildman–Crippen LogP) is 4.13. The quantitative estimate of drug-likeness (QED) is 0.779. The first-order valence-corrected chi connectivity index (χ1v) is 9.02. The Morgan fingerprint density at radius 2 is 2.04 bits per heavy atom. The predicted molar refractivity (Wildman–Crippen MR) is 98.5 cm³/mol. The number of anilines is 1. The molecular weight excluding hydrogens is 346 g/mol. The highest BCUT2D eigenvalue weighted by molar-refractivity contribution is 7.15. The van der Waals surface area contributed by atoms with Gasteiger partial charge >= 0.3 is 0 Å². The molecule has 1 amide bonds. The molecule has 2 aromatic heterocycles. The van der Waals surface area contributed by atoms with E-state index in [2.05, 4.69) is 34.5 Å². The van der Waals surface area contributed by atoms with Gasteiger partial charge in [-0.05, 0) is 18.9 Å². The second-order valence-corrected chi connectivity index (χ2v) is 7.66. The number of amides is 1. The number of nitrogens with zero attached hydrogens (tertiary/aromatic N) is 4. The van der Waals surface area contributed by atoms with E-state index in [-0.39, 0.29) is 11.8 Å². The summed E-state index contributed by atoms with van der Waals surface area (Å²) in [5, 5.41) is 17.1. The van der Waals surface area contributed by atoms with Gasteiger partial charge in [0.05, 0.1) is 5.69 Å². The van der Waals surface area contributed by atoms with Crippen molar-refractivity contribution in [1.82, 2.24) is 20.0 Å². The first-order chi connectivity index (χ1) is 11.3.